The van der Waals surface area contributed by atoms with E-state index < -0.39 is 34.5 Å². The van der Waals surface area contributed by atoms with E-state index in [0.29, 0.717) is 159 Å². The Balaban J connectivity index is 0.000000166. The number of ether oxygens (including phenoxy) is 3. The number of nitrogens with zero attached hydrogens (tertiary/aromatic N) is 10. The molecule has 3 aliphatic heterocycles. The number of aromatic amines is 3. The van der Waals surface area contributed by atoms with E-state index in [9.17, 15) is 14.4 Å². The number of benzene rings is 6. The third-order valence-electron chi connectivity index (χ3n) is 24.1. The average Bonchev–Trinajstić information content (AvgIpc) is 1.63. The molecule has 7 atom stereocenters. The summed E-state index contributed by atoms with van der Waals surface area (Å²) in [6.07, 6.45) is 19.6. The van der Waals surface area contributed by atoms with Gasteiger partial charge >= 0.3 is 17.1 Å². The molecule has 17 N–H and O–H groups in total. The summed E-state index contributed by atoms with van der Waals surface area (Å²) in [4.78, 5) is 76.0. The molecule has 0 saturated carbocycles. The van der Waals surface area contributed by atoms with Gasteiger partial charge in [0.15, 0.2) is 29.4 Å². The van der Waals surface area contributed by atoms with Crippen molar-refractivity contribution in [3.63, 3.8) is 0 Å². The van der Waals surface area contributed by atoms with E-state index in [1.165, 1.54) is 13.7 Å². The summed E-state index contributed by atoms with van der Waals surface area (Å²) in [5, 5.41) is 2.29. The number of nitrogens with one attached hydrogen (secondary N) is 3. The van der Waals surface area contributed by atoms with E-state index >= 15 is 13.2 Å². The first-order valence-electron chi connectivity index (χ1n) is 45.0. The number of aromatic nitrogens is 9. The Morgan fingerprint density at radius 2 is 0.800 bits per heavy atom. The van der Waals surface area contributed by atoms with Gasteiger partial charge in [0.1, 0.15) is 16.9 Å². The van der Waals surface area contributed by atoms with Gasteiger partial charge in [-0.2, -0.15) is 15.0 Å². The summed E-state index contributed by atoms with van der Waals surface area (Å²) in [7, 11) is 0. The van der Waals surface area contributed by atoms with Crippen LogP contribution in [0.1, 0.15) is 172 Å². The van der Waals surface area contributed by atoms with Crippen LogP contribution in [0.25, 0.3) is 83.9 Å². The second kappa shape index (κ2) is 44.6. The largest absolute Gasteiger partial charge is 0.388 e. The van der Waals surface area contributed by atoms with Crippen molar-refractivity contribution < 1.29 is 27.4 Å². The van der Waals surface area contributed by atoms with Crippen LogP contribution >= 0.6 is 34.8 Å². The minimum Gasteiger partial charge on any atom is -0.388 e. The van der Waals surface area contributed by atoms with Crippen LogP contribution in [0.4, 0.5) is 18.9 Å². The fraction of sp³-hybridized carbons (Fsp3) is 0.418. The number of hydrogen-bond donors (Lipinski definition) is 10. The minimum absolute atomic E-state index is 0.0150. The third-order valence-corrected chi connectivity index (χ3v) is 24.9. The smallest absolute Gasteiger partial charge is 0.354 e. The maximum atomic E-state index is 15.2. The molecule has 32 heteroatoms. The lowest BCUT2D eigenvalue weighted by atomic mass is 9.86. The molecule has 3 aliphatic rings. The van der Waals surface area contributed by atoms with Crippen molar-refractivity contribution in [1.82, 2.24) is 43.6 Å². The lowest BCUT2D eigenvalue weighted by molar-refractivity contribution is -0.0691. The summed E-state index contributed by atoms with van der Waals surface area (Å²) < 4.78 is 68.3. The minimum atomic E-state index is -0.503. The number of aliphatic imine (C=N–C) groups is 3. The topological polar surface area (TPSA) is 402 Å². The van der Waals surface area contributed by atoms with Crippen molar-refractivity contribution in [3.8, 4) is 50.8 Å². The molecule has 690 valence electrons. The van der Waals surface area contributed by atoms with Gasteiger partial charge in [-0.3, -0.25) is 28.7 Å². The molecule has 3 fully saturated rings. The van der Waals surface area contributed by atoms with Crippen molar-refractivity contribution in [2.75, 3.05) is 57.3 Å². The maximum Gasteiger partial charge on any atom is 0.354 e. The summed E-state index contributed by atoms with van der Waals surface area (Å²) in [5.74, 6) is 1.88. The molecule has 15 rings (SSSR count). The molecule has 3 saturated heterocycles. The van der Waals surface area contributed by atoms with E-state index in [0.717, 1.165) is 149 Å². The Morgan fingerprint density at radius 3 is 1.14 bits per heavy atom. The fourth-order valence-corrected chi connectivity index (χ4v) is 18.0. The van der Waals surface area contributed by atoms with E-state index in [1.54, 1.807) is 61.9 Å². The van der Waals surface area contributed by atoms with E-state index in [1.807, 2.05) is 91.0 Å². The number of fused-ring (bicyclic) bond motifs is 3. The Kier molecular flexibility index (Phi) is 33.1. The highest BCUT2D eigenvalue weighted by atomic mass is 35.5. The molecule has 0 aliphatic carbocycles. The average molecular weight is 1840 g/mol. The van der Waals surface area contributed by atoms with Crippen LogP contribution in [0.3, 0.4) is 0 Å². The van der Waals surface area contributed by atoms with E-state index in [4.69, 9.17) is 89.1 Å². The number of hydrogen-bond acceptors (Lipinski definition) is 15. The number of H-pyrrole nitrogens is 3. The number of amidine groups is 1. The number of morpholine rings is 1. The number of rotatable bonds is 32. The predicted octanol–water partition coefficient (Wildman–Crippen LogP) is 17.3. The molecule has 9 heterocycles. The van der Waals surface area contributed by atoms with Crippen molar-refractivity contribution in [2.45, 2.75) is 182 Å². The molecular weight excluding hydrogens is 1720 g/mol. The second-order valence-electron chi connectivity index (χ2n) is 35.6. The van der Waals surface area contributed by atoms with Crippen LogP contribution in [-0.2, 0) is 33.5 Å². The Labute approximate surface area is 770 Å². The van der Waals surface area contributed by atoms with Gasteiger partial charge in [0.05, 0.1) is 92.2 Å². The molecule has 26 nitrogen and oxygen atoms in total. The second-order valence-corrected chi connectivity index (χ2v) is 36.8. The first-order chi connectivity index (χ1) is 62.4. The van der Waals surface area contributed by atoms with Crippen LogP contribution in [-0.4, -0.2) is 132 Å². The predicted molar refractivity (Wildman–Crippen MR) is 518 cm³/mol. The number of anilines is 1. The molecule has 0 amide bonds. The summed E-state index contributed by atoms with van der Waals surface area (Å²) in [6.45, 7) is 19.7. The van der Waals surface area contributed by atoms with Gasteiger partial charge in [0, 0.05) is 103 Å². The molecular formula is C98H120Cl3F3N20O6. The maximum absolute atomic E-state index is 15.2. The lowest BCUT2D eigenvalue weighted by Gasteiger charge is -2.35. The van der Waals surface area contributed by atoms with Crippen LogP contribution < -0.4 is 62.1 Å². The van der Waals surface area contributed by atoms with Gasteiger partial charge in [-0.1, -0.05) is 120 Å². The molecule has 1 unspecified atom stereocenters. The zero-order valence-electron chi connectivity index (χ0n) is 74.8. The highest BCUT2D eigenvalue weighted by molar-refractivity contribution is 6.32. The molecule has 0 radical (unpaired) electrons. The summed E-state index contributed by atoms with van der Waals surface area (Å²) in [6, 6.07) is 39.1. The Bertz CT molecular complexity index is 5910. The first-order valence-corrected chi connectivity index (χ1v) is 46.1. The zero-order chi connectivity index (χ0) is 92.6. The van der Waals surface area contributed by atoms with Crippen LogP contribution in [0.2, 0.25) is 15.1 Å². The number of guanidine groups is 2. The van der Waals surface area contributed by atoms with Crippen molar-refractivity contribution in [3.05, 3.63) is 238 Å². The molecule has 6 aromatic heterocycles. The molecule has 130 heavy (non-hydrogen) atoms. The molecule has 0 bridgehead atoms. The van der Waals surface area contributed by atoms with E-state index in [-0.39, 0.29) is 57.5 Å². The third kappa shape index (κ3) is 25.3. The standard InChI is InChI=1S/C34H42ClFN6O2.C33H41ClFN7O2.C31H37ClFN7O2/c1-20(2)5-4-6-22-14-28(32(36)29(35)15-22)30-17-25-19-42(34(43)41-33(25)40-30)26-9-7-24(8-10-26)31-16-23(11-12-39-21(3)38)13-27(18-37)44-31;1-19(2)4-3-5-20-13-26(30(35)27(34)14-20)28-16-23-18-42(33(43)41-31(23)40-28)24-8-6-22(7-9-24)29-15-21(10-11-39-32(37)38)12-25(17-36)44-29;1-19(2)4-3-5-20-14-25(28(33)26(32)15-20)27-16-21-17-40(31(41)38-29(21)37-27)23-8-6-22(7-9-23)39-12-13-42-24(18-39)10-11-36-30(34)35/h7-10,14-15,17,19-20,23,27,31H,4-6,11-13,16,18,37H2,1-3H3,(H2,38,39)(H,40,41,43);6-9,13-14,16,18-19,21,25,29H,3-5,10-12,15,17,36H2,1-2H3,(H4,37,38,39)(H,40,41,43);6-9,14-17,19,24H,3-5,10-13,18H2,1-2H3,(H4,34,35,36)(H,37,38,41)/t23-,27-,31-;21-,25-,29-;/m11./s1. The normalized spacial score (nSPS) is 17.8. The lowest BCUT2D eigenvalue weighted by Crippen LogP contribution is -2.42. The SMILES string of the molecule is CC(C)CCCc1cc(Cl)c(F)c(-c2cc3cn(-c4ccc(N5CCOC(CCN=C(N)N)C5)cc4)c(=O)nc3[nH]2)c1.CC(C)CCCc1cc(Cl)c(F)c(-c2cc3cn(-c4ccc([C@H]5C[C@H](CCN=C(N)N)C[C@H](CN)O5)cc4)c(=O)nc3[nH]2)c1.CC(N)=NCC[C@@H]1C[C@H](CN)O[C@@H](c2ccc(-n3cc4cc(-c5cc(CCCC(C)C)cc(Cl)c5F)[nH]c4nc3=O)cc2)C1. The van der Waals surface area contributed by atoms with Gasteiger partial charge in [-0.05, 0) is 251 Å². The van der Waals surface area contributed by atoms with Crippen LogP contribution in [0.5, 0.6) is 0 Å². The van der Waals surface area contributed by atoms with Crippen molar-refractivity contribution in [1.29, 1.82) is 0 Å². The van der Waals surface area contributed by atoms with Gasteiger partial charge in [-0.25, -0.2) is 27.6 Å². The van der Waals surface area contributed by atoms with Gasteiger partial charge in [0.2, 0.25) is 0 Å². The van der Waals surface area contributed by atoms with E-state index in [2.05, 4.69) is 91.3 Å². The molecule has 6 aromatic carbocycles. The number of halogens is 6. The molecule has 0 spiro atoms. The Hall–Kier alpha value is -11.2. The van der Waals surface area contributed by atoms with Crippen molar-refractivity contribution in [2.24, 2.45) is 84.7 Å². The monoisotopic (exact) mass is 1830 g/mol. The quantitative estimate of drug-likeness (QED) is 0.0138. The van der Waals surface area contributed by atoms with Crippen LogP contribution in [0.15, 0.2) is 175 Å². The fourth-order valence-electron chi connectivity index (χ4n) is 17.3. The van der Waals surface area contributed by atoms with Gasteiger partial charge in [-0.15, -0.1) is 0 Å². The first kappa shape index (κ1) is 96.4. The summed E-state index contributed by atoms with van der Waals surface area (Å²) in [5.41, 5.74) is 50.0. The molecule has 12 aromatic rings. The highest BCUT2D eigenvalue weighted by Gasteiger charge is 2.33. The number of aryl methyl sites for hydroxylation is 3. The highest BCUT2D eigenvalue weighted by Crippen LogP contribution is 2.41. The Morgan fingerprint density at radius 1 is 0.462 bits per heavy atom. The zero-order valence-corrected chi connectivity index (χ0v) is 77.1. The van der Waals surface area contributed by atoms with Gasteiger partial charge < -0.3 is 74.2 Å². The summed E-state index contributed by atoms with van der Waals surface area (Å²) >= 11 is 18.8. The van der Waals surface area contributed by atoms with Gasteiger partial charge in [0.25, 0.3) is 0 Å². The number of nitrogens with two attached hydrogens (primary N) is 7. The van der Waals surface area contributed by atoms with Crippen molar-refractivity contribution >= 4 is 91.3 Å². The van der Waals surface area contributed by atoms with Crippen LogP contribution in [0, 0.1) is 47.0 Å².